The number of rotatable bonds is 6. The molecular formula is C11H23NO2S. The molecule has 0 atom stereocenters. The first-order chi connectivity index (χ1) is 7.02. The van der Waals surface area contributed by atoms with Crippen molar-refractivity contribution in [3.63, 3.8) is 0 Å². The van der Waals surface area contributed by atoms with E-state index in [9.17, 15) is 8.42 Å². The van der Waals surface area contributed by atoms with E-state index in [1.807, 2.05) is 0 Å². The average Bonchev–Trinajstić information content (AvgIpc) is 2.64. The van der Waals surface area contributed by atoms with Crippen LogP contribution in [0.3, 0.4) is 0 Å². The predicted octanol–water partition coefficient (Wildman–Crippen LogP) is 1.59. The molecule has 0 aliphatic heterocycles. The molecule has 0 radical (unpaired) electrons. The number of sulfone groups is 1. The van der Waals surface area contributed by atoms with Crippen LogP contribution in [0.1, 0.15) is 39.5 Å². The molecule has 1 rings (SSSR count). The van der Waals surface area contributed by atoms with Crippen LogP contribution in [0.25, 0.3) is 0 Å². The monoisotopic (exact) mass is 233 g/mol. The highest BCUT2D eigenvalue weighted by Gasteiger charge is 2.17. The van der Waals surface area contributed by atoms with Crippen LogP contribution < -0.4 is 5.32 Å². The van der Waals surface area contributed by atoms with Crippen molar-refractivity contribution in [3.05, 3.63) is 0 Å². The van der Waals surface area contributed by atoms with Gasteiger partial charge in [-0.05, 0) is 39.2 Å². The summed E-state index contributed by atoms with van der Waals surface area (Å²) < 4.78 is 23.0. The zero-order valence-corrected chi connectivity index (χ0v) is 10.6. The molecule has 90 valence electrons. The summed E-state index contributed by atoms with van der Waals surface area (Å²) in [6.07, 6.45) is 5.31. The van der Waals surface area contributed by atoms with Gasteiger partial charge in [0.1, 0.15) is 0 Å². The van der Waals surface area contributed by atoms with Gasteiger partial charge in [-0.25, -0.2) is 8.42 Å². The van der Waals surface area contributed by atoms with Crippen LogP contribution in [-0.2, 0) is 9.84 Å². The molecule has 0 spiro atoms. The van der Waals surface area contributed by atoms with Crippen molar-refractivity contribution < 1.29 is 8.42 Å². The van der Waals surface area contributed by atoms with Crippen LogP contribution in [0.5, 0.6) is 0 Å². The van der Waals surface area contributed by atoms with E-state index in [0.717, 1.165) is 12.5 Å². The van der Waals surface area contributed by atoms with E-state index in [1.54, 1.807) is 13.8 Å². The first-order valence-corrected chi connectivity index (χ1v) is 7.66. The molecule has 1 N–H and O–H groups in total. The topological polar surface area (TPSA) is 46.2 Å². The zero-order chi connectivity index (χ0) is 11.3. The molecule has 1 fully saturated rings. The minimum Gasteiger partial charge on any atom is -0.315 e. The highest BCUT2D eigenvalue weighted by Crippen LogP contribution is 2.23. The fourth-order valence-corrected chi connectivity index (χ4v) is 2.87. The molecule has 4 heteroatoms. The van der Waals surface area contributed by atoms with E-state index < -0.39 is 9.84 Å². The normalized spacial score (nSPS) is 18.9. The van der Waals surface area contributed by atoms with Gasteiger partial charge < -0.3 is 5.32 Å². The lowest BCUT2D eigenvalue weighted by atomic mass is 10.1. The summed E-state index contributed by atoms with van der Waals surface area (Å²) in [4.78, 5) is 0. The minimum atomic E-state index is -2.86. The van der Waals surface area contributed by atoms with Crippen molar-refractivity contribution in [1.82, 2.24) is 5.32 Å². The second-order valence-electron chi connectivity index (χ2n) is 4.77. The van der Waals surface area contributed by atoms with Crippen LogP contribution in [-0.4, -0.2) is 32.5 Å². The van der Waals surface area contributed by atoms with E-state index in [1.165, 1.54) is 25.7 Å². The van der Waals surface area contributed by atoms with Crippen LogP contribution >= 0.6 is 0 Å². The molecular weight excluding hydrogens is 210 g/mol. The van der Waals surface area contributed by atoms with Crippen molar-refractivity contribution in [2.24, 2.45) is 5.92 Å². The fourth-order valence-electron chi connectivity index (χ4n) is 1.97. The van der Waals surface area contributed by atoms with E-state index in [2.05, 4.69) is 5.32 Å². The predicted molar refractivity (Wildman–Crippen MR) is 63.8 cm³/mol. The minimum absolute atomic E-state index is 0.245. The summed E-state index contributed by atoms with van der Waals surface area (Å²) in [7, 11) is -2.86. The molecule has 1 saturated carbocycles. The number of hydrogen-bond donors (Lipinski definition) is 1. The first-order valence-electron chi connectivity index (χ1n) is 5.94. The molecule has 1 aliphatic rings. The lowest BCUT2D eigenvalue weighted by Gasteiger charge is -2.11. The molecule has 3 nitrogen and oxygen atoms in total. The van der Waals surface area contributed by atoms with Crippen molar-refractivity contribution in [2.45, 2.75) is 44.8 Å². The maximum absolute atomic E-state index is 11.5. The Morgan fingerprint density at radius 3 is 2.40 bits per heavy atom. The fraction of sp³-hybridized carbons (Fsp3) is 1.00. The van der Waals surface area contributed by atoms with Gasteiger partial charge >= 0.3 is 0 Å². The third-order valence-corrected chi connectivity index (χ3v) is 5.40. The Morgan fingerprint density at radius 1 is 1.27 bits per heavy atom. The second kappa shape index (κ2) is 5.85. The molecule has 0 unspecified atom stereocenters. The Balaban J connectivity index is 2.11. The smallest absolute Gasteiger partial charge is 0.153 e. The molecule has 0 aromatic carbocycles. The third-order valence-electron chi connectivity index (χ3n) is 3.19. The summed E-state index contributed by atoms with van der Waals surface area (Å²) in [6, 6.07) is 0. The molecule has 1 aliphatic carbocycles. The molecule has 0 amide bonds. The Kier molecular flexibility index (Phi) is 5.06. The molecule has 0 bridgehead atoms. The molecule has 0 aromatic rings. The Hall–Kier alpha value is -0.0900. The second-order valence-corrected chi connectivity index (χ2v) is 7.45. The van der Waals surface area contributed by atoms with E-state index in [-0.39, 0.29) is 11.0 Å². The zero-order valence-electron chi connectivity index (χ0n) is 9.83. The Bertz CT molecular complexity index is 266. The van der Waals surface area contributed by atoms with Crippen LogP contribution in [0.2, 0.25) is 0 Å². The summed E-state index contributed by atoms with van der Waals surface area (Å²) in [5.74, 6) is 1.06. The summed E-state index contributed by atoms with van der Waals surface area (Å²) >= 11 is 0. The molecule has 15 heavy (non-hydrogen) atoms. The van der Waals surface area contributed by atoms with Crippen LogP contribution in [0.4, 0.5) is 0 Å². The van der Waals surface area contributed by atoms with Gasteiger partial charge in [0.05, 0.1) is 11.0 Å². The van der Waals surface area contributed by atoms with Gasteiger partial charge in [-0.15, -0.1) is 0 Å². The number of nitrogens with one attached hydrogen (secondary N) is 1. The van der Waals surface area contributed by atoms with Gasteiger partial charge in [0.15, 0.2) is 9.84 Å². The summed E-state index contributed by atoms with van der Waals surface area (Å²) in [6.45, 7) is 5.09. The van der Waals surface area contributed by atoms with Crippen molar-refractivity contribution in [1.29, 1.82) is 0 Å². The quantitative estimate of drug-likeness (QED) is 0.709. The van der Waals surface area contributed by atoms with Gasteiger partial charge in [-0.1, -0.05) is 12.8 Å². The van der Waals surface area contributed by atoms with Crippen LogP contribution in [0, 0.1) is 5.92 Å². The van der Waals surface area contributed by atoms with Gasteiger partial charge in [0, 0.05) is 6.54 Å². The summed E-state index contributed by atoms with van der Waals surface area (Å²) in [5, 5.41) is 3.01. The maximum Gasteiger partial charge on any atom is 0.153 e. The number of hydrogen-bond acceptors (Lipinski definition) is 3. The van der Waals surface area contributed by atoms with Gasteiger partial charge in [-0.2, -0.15) is 0 Å². The average molecular weight is 233 g/mol. The standard InChI is InChI=1S/C11H23NO2S/c1-10(2)15(13,14)8-7-12-9-11-5-3-4-6-11/h10-12H,3-9H2,1-2H3. The Labute approximate surface area is 93.6 Å². The maximum atomic E-state index is 11.5. The van der Waals surface area contributed by atoms with Gasteiger partial charge in [-0.3, -0.25) is 0 Å². The largest absolute Gasteiger partial charge is 0.315 e. The highest BCUT2D eigenvalue weighted by atomic mass is 32.2. The van der Waals surface area contributed by atoms with Crippen molar-refractivity contribution in [3.8, 4) is 0 Å². The van der Waals surface area contributed by atoms with E-state index in [4.69, 9.17) is 0 Å². The van der Waals surface area contributed by atoms with Gasteiger partial charge in [0.25, 0.3) is 0 Å². The van der Waals surface area contributed by atoms with Gasteiger partial charge in [0.2, 0.25) is 0 Å². The Morgan fingerprint density at radius 2 is 1.87 bits per heavy atom. The van der Waals surface area contributed by atoms with E-state index in [0.29, 0.717) is 6.54 Å². The molecule has 0 saturated heterocycles. The lowest BCUT2D eigenvalue weighted by Crippen LogP contribution is -2.29. The summed E-state index contributed by atoms with van der Waals surface area (Å²) in [5.41, 5.74) is 0. The van der Waals surface area contributed by atoms with E-state index >= 15 is 0 Å². The highest BCUT2D eigenvalue weighted by molar-refractivity contribution is 7.92. The first kappa shape index (κ1) is 13.0. The third kappa shape index (κ3) is 4.51. The molecule has 0 heterocycles. The van der Waals surface area contributed by atoms with Crippen molar-refractivity contribution >= 4 is 9.84 Å². The van der Waals surface area contributed by atoms with Crippen molar-refractivity contribution in [2.75, 3.05) is 18.8 Å². The SMILES string of the molecule is CC(C)S(=O)(=O)CCNCC1CCCC1. The lowest BCUT2D eigenvalue weighted by molar-refractivity contribution is 0.497. The molecule has 0 aromatic heterocycles. The van der Waals surface area contributed by atoms with Crippen LogP contribution in [0.15, 0.2) is 0 Å².